The predicted octanol–water partition coefficient (Wildman–Crippen LogP) is 2.60. The molecule has 0 radical (unpaired) electrons. The second kappa shape index (κ2) is 7.10. The maximum absolute atomic E-state index is 12.1. The Morgan fingerprint density at radius 3 is 2.32 bits per heavy atom. The molecule has 0 fully saturated rings. The van der Waals surface area contributed by atoms with Gasteiger partial charge in [-0.1, -0.05) is 31.2 Å². The van der Waals surface area contributed by atoms with E-state index < -0.39 is 9.84 Å². The largest absolute Gasteiger partial charge is 0.293 e. The number of hydrogen-bond donors (Lipinski definition) is 0. The van der Waals surface area contributed by atoms with Crippen LogP contribution in [0.3, 0.4) is 0 Å². The first-order valence-electron chi connectivity index (χ1n) is 6.26. The molecule has 3 nitrogen and oxygen atoms in total. The molecule has 106 valence electrons. The number of hydrogen-bond acceptors (Lipinski definition) is 4. The minimum absolute atomic E-state index is 0.0566. The number of aryl methyl sites for hydroxylation is 1. The Morgan fingerprint density at radius 2 is 1.84 bits per heavy atom. The first-order valence-corrected chi connectivity index (χ1v) is 9.37. The molecule has 0 aromatic heterocycles. The van der Waals surface area contributed by atoms with Crippen molar-refractivity contribution in [3.8, 4) is 0 Å². The highest BCUT2D eigenvalue weighted by atomic mass is 32.2. The van der Waals surface area contributed by atoms with E-state index >= 15 is 0 Å². The lowest BCUT2D eigenvalue weighted by atomic mass is 10.1. The molecule has 0 N–H and O–H groups in total. The Hall–Kier alpha value is -0.810. The van der Waals surface area contributed by atoms with Gasteiger partial charge in [0.1, 0.15) is 9.84 Å². The Kier molecular flexibility index (Phi) is 6.07. The number of thioether (sulfide) groups is 1. The summed E-state index contributed by atoms with van der Waals surface area (Å²) in [7, 11) is -2.95. The molecule has 0 saturated heterocycles. The third kappa shape index (κ3) is 5.78. The molecule has 0 spiro atoms. The Bertz CT molecular complexity index is 518. The molecule has 1 atom stereocenters. The average molecular weight is 300 g/mol. The molecule has 0 aliphatic rings. The maximum atomic E-state index is 12.1. The van der Waals surface area contributed by atoms with Gasteiger partial charge in [0.05, 0.1) is 11.0 Å². The summed E-state index contributed by atoms with van der Waals surface area (Å²) in [4.78, 5) is 12.1. The van der Waals surface area contributed by atoms with E-state index in [9.17, 15) is 13.2 Å². The van der Waals surface area contributed by atoms with Gasteiger partial charge in [-0.25, -0.2) is 8.42 Å². The van der Waals surface area contributed by atoms with E-state index in [0.717, 1.165) is 6.42 Å². The van der Waals surface area contributed by atoms with Gasteiger partial charge in [0.25, 0.3) is 0 Å². The Labute approximate surface area is 119 Å². The van der Waals surface area contributed by atoms with Crippen LogP contribution in [-0.4, -0.2) is 37.2 Å². The predicted molar refractivity (Wildman–Crippen MR) is 81.8 cm³/mol. The SMILES string of the molecule is CCc1ccc(C(=O)C(C)SCCS(C)(=O)=O)cc1. The van der Waals surface area contributed by atoms with E-state index in [-0.39, 0.29) is 16.8 Å². The lowest BCUT2D eigenvalue weighted by Crippen LogP contribution is -2.16. The summed E-state index contributed by atoms with van der Waals surface area (Å²) in [6.07, 6.45) is 2.16. The lowest BCUT2D eigenvalue weighted by Gasteiger charge is -2.10. The molecular formula is C14H20O3S2. The third-order valence-corrected chi connectivity index (χ3v) is 5.20. The highest BCUT2D eigenvalue weighted by Gasteiger charge is 2.16. The molecule has 0 heterocycles. The van der Waals surface area contributed by atoms with E-state index in [1.165, 1.54) is 23.6 Å². The topological polar surface area (TPSA) is 51.2 Å². The molecule has 1 aromatic carbocycles. The highest BCUT2D eigenvalue weighted by Crippen LogP contribution is 2.17. The number of sulfone groups is 1. The fraction of sp³-hybridized carbons (Fsp3) is 0.500. The smallest absolute Gasteiger partial charge is 0.175 e. The van der Waals surface area contributed by atoms with E-state index in [1.54, 1.807) is 0 Å². The molecule has 5 heteroatoms. The van der Waals surface area contributed by atoms with Crippen molar-refractivity contribution >= 4 is 27.4 Å². The van der Waals surface area contributed by atoms with Gasteiger partial charge in [-0.05, 0) is 18.9 Å². The zero-order valence-electron chi connectivity index (χ0n) is 11.5. The van der Waals surface area contributed by atoms with Crippen LogP contribution in [0.5, 0.6) is 0 Å². The van der Waals surface area contributed by atoms with Crippen molar-refractivity contribution in [2.75, 3.05) is 17.8 Å². The molecule has 1 rings (SSSR count). The van der Waals surface area contributed by atoms with Gasteiger partial charge in [0, 0.05) is 17.6 Å². The summed E-state index contributed by atoms with van der Waals surface area (Å²) in [6, 6.07) is 7.60. The van der Waals surface area contributed by atoms with Crippen LogP contribution in [0.15, 0.2) is 24.3 Å². The number of carbonyl (C=O) groups excluding carboxylic acids is 1. The van der Waals surface area contributed by atoms with Crippen LogP contribution < -0.4 is 0 Å². The number of Topliss-reactive ketones (excluding diaryl/α,β-unsaturated/α-hetero) is 1. The fourth-order valence-electron chi connectivity index (χ4n) is 1.59. The van der Waals surface area contributed by atoms with E-state index in [2.05, 4.69) is 6.92 Å². The zero-order chi connectivity index (χ0) is 14.5. The Morgan fingerprint density at radius 1 is 1.26 bits per heavy atom. The van der Waals surface area contributed by atoms with Crippen molar-refractivity contribution in [2.45, 2.75) is 25.5 Å². The van der Waals surface area contributed by atoms with Crippen molar-refractivity contribution in [3.63, 3.8) is 0 Å². The van der Waals surface area contributed by atoms with Crippen LogP contribution in [0.1, 0.15) is 29.8 Å². The van der Waals surface area contributed by atoms with Gasteiger partial charge < -0.3 is 0 Å². The van der Waals surface area contributed by atoms with Crippen LogP contribution in [-0.2, 0) is 16.3 Å². The normalized spacial score (nSPS) is 13.2. The van der Waals surface area contributed by atoms with Crippen LogP contribution >= 0.6 is 11.8 Å². The molecule has 0 aliphatic carbocycles. The number of ketones is 1. The van der Waals surface area contributed by atoms with Crippen LogP contribution in [0.4, 0.5) is 0 Å². The molecule has 19 heavy (non-hydrogen) atoms. The van der Waals surface area contributed by atoms with E-state index in [4.69, 9.17) is 0 Å². The van der Waals surface area contributed by atoms with Gasteiger partial charge >= 0.3 is 0 Å². The minimum Gasteiger partial charge on any atom is -0.293 e. The molecule has 0 aliphatic heterocycles. The molecule has 0 saturated carbocycles. The zero-order valence-corrected chi connectivity index (χ0v) is 13.2. The van der Waals surface area contributed by atoms with Gasteiger partial charge in [-0.3, -0.25) is 4.79 Å². The quantitative estimate of drug-likeness (QED) is 0.726. The number of benzene rings is 1. The summed E-state index contributed by atoms with van der Waals surface area (Å²) in [5, 5.41) is -0.214. The summed E-state index contributed by atoms with van der Waals surface area (Å²) < 4.78 is 22.0. The summed E-state index contributed by atoms with van der Waals surface area (Å²) >= 11 is 1.39. The van der Waals surface area contributed by atoms with Crippen molar-refractivity contribution in [2.24, 2.45) is 0 Å². The summed E-state index contributed by atoms with van der Waals surface area (Å²) in [6.45, 7) is 3.89. The second-order valence-corrected chi connectivity index (χ2v) is 8.27. The number of carbonyl (C=O) groups is 1. The van der Waals surface area contributed by atoms with Crippen molar-refractivity contribution in [1.29, 1.82) is 0 Å². The van der Waals surface area contributed by atoms with E-state index in [0.29, 0.717) is 11.3 Å². The minimum atomic E-state index is -2.95. The van der Waals surface area contributed by atoms with Gasteiger partial charge in [0.15, 0.2) is 5.78 Å². The fourth-order valence-corrected chi connectivity index (χ4v) is 3.83. The first-order chi connectivity index (χ1) is 8.83. The van der Waals surface area contributed by atoms with Gasteiger partial charge in [-0.15, -0.1) is 11.8 Å². The van der Waals surface area contributed by atoms with Gasteiger partial charge in [0.2, 0.25) is 0 Å². The molecular weight excluding hydrogens is 280 g/mol. The maximum Gasteiger partial charge on any atom is 0.175 e. The lowest BCUT2D eigenvalue weighted by molar-refractivity contribution is 0.0994. The van der Waals surface area contributed by atoms with Gasteiger partial charge in [-0.2, -0.15) is 0 Å². The molecule has 1 aromatic rings. The van der Waals surface area contributed by atoms with Crippen LogP contribution in [0, 0.1) is 0 Å². The Balaban J connectivity index is 2.56. The number of rotatable bonds is 7. The van der Waals surface area contributed by atoms with Crippen molar-refractivity contribution in [1.82, 2.24) is 0 Å². The standard InChI is InChI=1S/C14H20O3S2/c1-4-12-5-7-13(8-6-12)14(15)11(2)18-9-10-19(3,16)17/h5-8,11H,4,9-10H2,1-3H3. The highest BCUT2D eigenvalue weighted by molar-refractivity contribution is 8.01. The van der Waals surface area contributed by atoms with Crippen molar-refractivity contribution in [3.05, 3.63) is 35.4 Å². The average Bonchev–Trinajstić information content (AvgIpc) is 2.36. The summed E-state index contributed by atoms with van der Waals surface area (Å²) in [5.41, 5.74) is 1.89. The van der Waals surface area contributed by atoms with Crippen LogP contribution in [0.25, 0.3) is 0 Å². The van der Waals surface area contributed by atoms with Crippen LogP contribution in [0.2, 0.25) is 0 Å². The first kappa shape index (κ1) is 16.2. The summed E-state index contributed by atoms with van der Waals surface area (Å²) in [5.74, 6) is 0.629. The van der Waals surface area contributed by atoms with Crippen molar-refractivity contribution < 1.29 is 13.2 Å². The third-order valence-electron chi connectivity index (χ3n) is 2.84. The molecule has 0 amide bonds. The monoisotopic (exact) mass is 300 g/mol. The molecule has 0 bridgehead atoms. The van der Waals surface area contributed by atoms with E-state index in [1.807, 2.05) is 31.2 Å². The second-order valence-electron chi connectivity index (χ2n) is 4.56. The molecule has 1 unspecified atom stereocenters.